The second-order valence-electron chi connectivity index (χ2n) is 14.2. The first kappa shape index (κ1) is 61.0. The minimum Gasteiger partial charge on any atom is -0.668 e. The van der Waals surface area contributed by atoms with Gasteiger partial charge >= 0.3 is 52.4 Å². The van der Waals surface area contributed by atoms with Crippen molar-refractivity contribution in [3.63, 3.8) is 0 Å². The number of hydrogen-bond donors (Lipinski definition) is 0. The first-order valence-electron chi connectivity index (χ1n) is 18.1. The number of hydrogen-bond acceptors (Lipinski definition) is 0. The number of nitrogens with zero attached hydrogens (tertiary/aromatic N) is 6. The van der Waals surface area contributed by atoms with Gasteiger partial charge in [0, 0.05) is 0 Å². The Kier molecular flexibility index (Phi) is 57.3. The molecule has 0 radical (unpaired) electrons. The summed E-state index contributed by atoms with van der Waals surface area (Å²) in [5.41, 5.74) is 0. The minimum atomic E-state index is -1.12. The molecule has 5 fully saturated rings. The third-order valence-electron chi connectivity index (χ3n) is 8.75. The fourth-order valence-corrected chi connectivity index (χ4v) is 10.0. The molecule has 0 aromatic carbocycles. The maximum Gasteiger partial charge on any atom is 4.00 e. The summed E-state index contributed by atoms with van der Waals surface area (Å²) in [6.07, 6.45) is 24.6. The molecule has 0 aromatic heterocycles. The first-order chi connectivity index (χ1) is 20.6. The Hall–Kier alpha value is 1.96. The van der Waals surface area contributed by atoms with Gasteiger partial charge in [0.2, 0.25) is 0 Å². The van der Waals surface area contributed by atoms with Crippen LogP contribution in [0.25, 0.3) is 31.2 Å². The van der Waals surface area contributed by atoms with Crippen LogP contribution in [0.1, 0.15) is 109 Å². The largest absolute Gasteiger partial charge is 4.00 e. The summed E-state index contributed by atoms with van der Waals surface area (Å²) in [6.45, 7) is 14.0. The maximum atomic E-state index is 4.52. The molecule has 3 saturated carbocycles. The molecule has 278 valence electrons. The quantitative estimate of drug-likeness (QED) is 0.188. The molecule has 0 unspecified atom stereocenters. The van der Waals surface area contributed by atoms with Gasteiger partial charge < -0.3 is 46.1 Å². The summed E-state index contributed by atoms with van der Waals surface area (Å²) in [4.78, 5) is 9.05. The van der Waals surface area contributed by atoms with E-state index < -0.39 is 16.5 Å². The topological polar surface area (TPSA) is 84.6 Å². The zero-order chi connectivity index (χ0) is 32.7. The molecule has 2 heterocycles. The van der Waals surface area contributed by atoms with E-state index in [4.69, 9.17) is 0 Å². The molecule has 3 aliphatic carbocycles. The van der Waals surface area contributed by atoms with Crippen molar-refractivity contribution >= 4 is 16.5 Å². The predicted octanol–water partition coefficient (Wildman–Crippen LogP) is 13.2. The van der Waals surface area contributed by atoms with Crippen molar-refractivity contribution in [1.82, 2.24) is 0 Å². The van der Waals surface area contributed by atoms with Crippen LogP contribution in [0.2, 0.25) is 38.3 Å². The van der Waals surface area contributed by atoms with Crippen LogP contribution in [0.15, 0.2) is 0 Å². The van der Waals surface area contributed by atoms with Crippen LogP contribution in [0.5, 0.6) is 0 Å². The summed E-state index contributed by atoms with van der Waals surface area (Å²) >= 11 is 0. The molecule has 5 aliphatic rings. The van der Waals surface area contributed by atoms with E-state index in [1.807, 2.05) is 14.1 Å². The van der Waals surface area contributed by atoms with Gasteiger partial charge in [-0.15, -0.1) is 26.2 Å². The van der Waals surface area contributed by atoms with E-state index in [9.17, 15) is 0 Å². The Labute approximate surface area is 340 Å². The standard InChI is InChI=1S/2C9H20NSi.C5H10.2C4H8N.2C2H6N.2CH3.2Zr/c2*1-10-11(2,3)8-9-6-4-5-7-9;3*1-2-4-5-3-1;2*1-3-2;;;;/h2*9H,4-8H2,1-3H3;1-5H2;2*1-4H2;2*1-2H3;2*1H3;;/q2*-1;;6*-1;2*+4. The Morgan fingerprint density at radius 3 is 0.787 bits per heavy atom. The van der Waals surface area contributed by atoms with Crippen molar-refractivity contribution < 1.29 is 52.4 Å². The molecular weight excluding hydrogens is 767 g/mol. The Bertz CT molecular complexity index is 460. The normalized spacial score (nSPS) is 18.3. The molecule has 0 bridgehead atoms. The van der Waals surface area contributed by atoms with E-state index in [0.717, 1.165) is 38.0 Å². The average Bonchev–Trinajstić information content (AvgIpc) is 3.82. The molecule has 47 heavy (non-hydrogen) atoms. The molecule has 0 amide bonds. The monoisotopic (exact) mass is 848 g/mol. The first-order valence-corrected chi connectivity index (χ1v) is 24.4. The molecule has 5 rings (SSSR count). The van der Waals surface area contributed by atoms with Crippen molar-refractivity contribution in [3.8, 4) is 0 Å². The van der Waals surface area contributed by atoms with Crippen LogP contribution < -0.4 is 0 Å². The van der Waals surface area contributed by atoms with Crippen LogP contribution in [0, 0.1) is 26.7 Å². The van der Waals surface area contributed by atoms with E-state index in [0.29, 0.717) is 0 Å². The van der Waals surface area contributed by atoms with Crippen LogP contribution in [-0.2, 0) is 52.4 Å². The van der Waals surface area contributed by atoms with Crippen LogP contribution in [-0.4, -0.2) is 84.9 Å². The summed E-state index contributed by atoms with van der Waals surface area (Å²) in [5.74, 6) is 2.06. The van der Waals surface area contributed by atoms with Gasteiger partial charge in [0.05, 0.1) is 0 Å². The predicted molar refractivity (Wildman–Crippen MR) is 218 cm³/mol. The molecule has 2 saturated heterocycles. The molecule has 0 aromatic rings. The van der Waals surface area contributed by atoms with Crippen molar-refractivity contribution in [3.05, 3.63) is 46.1 Å². The summed E-state index contributed by atoms with van der Waals surface area (Å²) < 4.78 is 0. The van der Waals surface area contributed by atoms with Gasteiger partial charge in [-0.25, -0.2) is 0 Å². The fourth-order valence-electron chi connectivity index (χ4n) is 6.03. The number of rotatable bonds is 6. The minimum absolute atomic E-state index is 0. The Balaban J connectivity index is -0.000000109. The van der Waals surface area contributed by atoms with Crippen LogP contribution in [0.4, 0.5) is 0 Å². The zero-order valence-electron chi connectivity index (χ0n) is 34.1. The summed E-state index contributed by atoms with van der Waals surface area (Å²) in [6, 6.07) is 2.87. The van der Waals surface area contributed by atoms with E-state index in [2.05, 4.69) is 57.4 Å². The molecule has 2 aliphatic heterocycles. The maximum absolute atomic E-state index is 4.52. The van der Waals surface area contributed by atoms with Crippen molar-refractivity contribution in [2.75, 3.05) is 68.5 Å². The molecule has 0 atom stereocenters. The Morgan fingerprint density at radius 1 is 0.426 bits per heavy atom. The van der Waals surface area contributed by atoms with Gasteiger partial charge in [0.15, 0.2) is 0 Å². The summed E-state index contributed by atoms with van der Waals surface area (Å²) in [5, 5.41) is 15.2. The van der Waals surface area contributed by atoms with Gasteiger partial charge in [-0.05, 0) is 11.8 Å². The van der Waals surface area contributed by atoms with E-state index >= 15 is 0 Å². The Morgan fingerprint density at radius 2 is 0.638 bits per heavy atom. The SMILES string of the molecule is C1CCCC1.C1CC[N-]C1.C1CC[N-]C1.C[N-]C.C[N-]C.C[N-][Si](C)(C)CC1CCCC1.C[N-][Si](C)(C)CC1CCCC1.[CH3-].[CH3-].[Zr+4].[Zr+4]. The van der Waals surface area contributed by atoms with E-state index in [-0.39, 0.29) is 67.3 Å². The van der Waals surface area contributed by atoms with Gasteiger partial charge in [0.25, 0.3) is 0 Å². The third kappa shape index (κ3) is 45.9. The van der Waals surface area contributed by atoms with Gasteiger partial charge in [-0.3, -0.25) is 0 Å². The molecule has 10 heteroatoms. The van der Waals surface area contributed by atoms with E-state index in [1.165, 1.54) is 121 Å². The molecular formula is C37H84N6Si2Zr2. The molecule has 6 nitrogen and oxygen atoms in total. The summed E-state index contributed by atoms with van der Waals surface area (Å²) in [7, 11) is 8.77. The zero-order valence-corrected chi connectivity index (χ0v) is 41.0. The van der Waals surface area contributed by atoms with Crippen LogP contribution in [0.3, 0.4) is 0 Å². The second kappa shape index (κ2) is 44.1. The van der Waals surface area contributed by atoms with E-state index in [1.54, 1.807) is 28.2 Å². The second-order valence-corrected chi connectivity index (χ2v) is 23.2. The fraction of sp³-hybridized carbons (Fsp3) is 0.946. The smallest absolute Gasteiger partial charge is 0.668 e. The molecule has 0 N–H and O–H groups in total. The van der Waals surface area contributed by atoms with Gasteiger partial charge in [-0.2, -0.15) is 42.3 Å². The third-order valence-corrected chi connectivity index (χ3v) is 14.3. The van der Waals surface area contributed by atoms with Crippen molar-refractivity contribution in [2.24, 2.45) is 11.8 Å². The average molecular weight is 852 g/mol. The van der Waals surface area contributed by atoms with Gasteiger partial charge in [-0.1, -0.05) is 164 Å². The van der Waals surface area contributed by atoms with Gasteiger partial charge in [0.1, 0.15) is 0 Å². The van der Waals surface area contributed by atoms with Crippen LogP contribution >= 0.6 is 0 Å². The molecule has 0 spiro atoms. The van der Waals surface area contributed by atoms with Crippen molar-refractivity contribution in [1.29, 1.82) is 0 Å². The van der Waals surface area contributed by atoms with Crippen molar-refractivity contribution in [2.45, 2.75) is 147 Å².